The third-order valence-electron chi connectivity index (χ3n) is 4.01. The molecule has 1 aliphatic rings. The van der Waals surface area contributed by atoms with Gasteiger partial charge in [0.05, 0.1) is 6.61 Å². The van der Waals surface area contributed by atoms with Gasteiger partial charge in [-0.1, -0.05) is 31.2 Å². The number of hydrogen-bond acceptors (Lipinski definition) is 2. The highest BCUT2D eigenvalue weighted by atomic mass is 16.3. The van der Waals surface area contributed by atoms with Gasteiger partial charge in [0.2, 0.25) is 0 Å². The third kappa shape index (κ3) is 2.38. The molecule has 1 aliphatic carbocycles. The van der Waals surface area contributed by atoms with Gasteiger partial charge in [0, 0.05) is 11.5 Å². The minimum absolute atomic E-state index is 0.108. The lowest BCUT2D eigenvalue weighted by Gasteiger charge is -2.32. The van der Waals surface area contributed by atoms with Crippen LogP contribution in [-0.2, 0) is 6.42 Å². The fourth-order valence-corrected chi connectivity index (χ4v) is 2.81. The monoisotopic (exact) mass is 233 g/mol. The molecular formula is C15H23NO. The van der Waals surface area contributed by atoms with Crippen molar-refractivity contribution in [3.05, 3.63) is 35.4 Å². The Morgan fingerprint density at radius 2 is 1.82 bits per heavy atom. The van der Waals surface area contributed by atoms with E-state index in [0.717, 1.165) is 19.3 Å². The Morgan fingerprint density at radius 1 is 1.24 bits per heavy atom. The minimum Gasteiger partial charge on any atom is -0.396 e. The molecule has 1 saturated carbocycles. The van der Waals surface area contributed by atoms with Crippen molar-refractivity contribution < 1.29 is 5.11 Å². The molecule has 1 aromatic carbocycles. The van der Waals surface area contributed by atoms with E-state index in [2.05, 4.69) is 50.2 Å². The molecule has 1 aromatic rings. The Hall–Kier alpha value is -0.860. The zero-order valence-electron chi connectivity index (χ0n) is 11.1. The maximum atomic E-state index is 9.61. The largest absolute Gasteiger partial charge is 0.396 e. The quantitative estimate of drug-likeness (QED) is 0.845. The van der Waals surface area contributed by atoms with E-state index in [0.29, 0.717) is 12.6 Å². The Kier molecular flexibility index (Phi) is 3.55. The van der Waals surface area contributed by atoms with Crippen LogP contribution < -0.4 is 0 Å². The molecule has 0 radical (unpaired) electrons. The zero-order chi connectivity index (χ0) is 12.5. The van der Waals surface area contributed by atoms with Gasteiger partial charge in [-0.05, 0) is 44.5 Å². The molecule has 17 heavy (non-hydrogen) atoms. The van der Waals surface area contributed by atoms with Crippen molar-refractivity contribution in [3.63, 3.8) is 0 Å². The first-order valence-electron chi connectivity index (χ1n) is 6.49. The summed E-state index contributed by atoms with van der Waals surface area (Å²) < 4.78 is 0. The molecule has 1 N–H and O–H groups in total. The highest BCUT2D eigenvalue weighted by molar-refractivity contribution is 5.28. The molecule has 0 amide bonds. The SMILES string of the molecule is CCc1ccc(C(N(C)C)C2(CO)CC2)cc1. The summed E-state index contributed by atoms with van der Waals surface area (Å²) in [6, 6.07) is 9.20. The lowest BCUT2D eigenvalue weighted by Crippen LogP contribution is -2.30. The van der Waals surface area contributed by atoms with E-state index in [1.54, 1.807) is 0 Å². The summed E-state index contributed by atoms with van der Waals surface area (Å²) in [5.41, 5.74) is 2.82. The van der Waals surface area contributed by atoms with Crippen LogP contribution in [0.5, 0.6) is 0 Å². The second-order valence-electron chi connectivity index (χ2n) is 5.48. The van der Waals surface area contributed by atoms with Gasteiger partial charge < -0.3 is 10.0 Å². The number of rotatable bonds is 5. The van der Waals surface area contributed by atoms with Gasteiger partial charge in [0.25, 0.3) is 0 Å². The van der Waals surface area contributed by atoms with E-state index >= 15 is 0 Å². The van der Waals surface area contributed by atoms with Crippen molar-refractivity contribution in [1.82, 2.24) is 4.90 Å². The van der Waals surface area contributed by atoms with Gasteiger partial charge in [-0.3, -0.25) is 0 Å². The predicted molar refractivity (Wildman–Crippen MR) is 71.0 cm³/mol. The summed E-state index contributed by atoms with van der Waals surface area (Å²) in [5.74, 6) is 0. The lowest BCUT2D eigenvalue weighted by atomic mass is 9.89. The van der Waals surface area contributed by atoms with E-state index in [1.807, 2.05) is 0 Å². The summed E-state index contributed by atoms with van der Waals surface area (Å²) >= 11 is 0. The van der Waals surface area contributed by atoms with Crippen LogP contribution in [-0.4, -0.2) is 30.7 Å². The van der Waals surface area contributed by atoms with Crippen molar-refractivity contribution in [1.29, 1.82) is 0 Å². The van der Waals surface area contributed by atoms with Crippen molar-refractivity contribution in [2.24, 2.45) is 5.41 Å². The van der Waals surface area contributed by atoms with Crippen molar-refractivity contribution in [2.75, 3.05) is 20.7 Å². The number of aliphatic hydroxyl groups excluding tert-OH is 1. The van der Waals surface area contributed by atoms with E-state index in [9.17, 15) is 5.11 Å². The average Bonchev–Trinajstić information content (AvgIpc) is 3.11. The summed E-state index contributed by atoms with van der Waals surface area (Å²) in [4.78, 5) is 2.24. The van der Waals surface area contributed by atoms with Crippen LogP contribution in [0.1, 0.15) is 36.9 Å². The lowest BCUT2D eigenvalue weighted by molar-refractivity contribution is 0.115. The molecule has 0 aromatic heterocycles. The third-order valence-corrected chi connectivity index (χ3v) is 4.01. The molecule has 0 saturated heterocycles. The highest BCUT2D eigenvalue weighted by Gasteiger charge is 2.50. The molecule has 1 atom stereocenters. The van der Waals surface area contributed by atoms with Crippen LogP contribution >= 0.6 is 0 Å². The number of benzene rings is 1. The molecule has 0 bridgehead atoms. The van der Waals surface area contributed by atoms with E-state index < -0.39 is 0 Å². The normalized spacial score (nSPS) is 19.4. The van der Waals surface area contributed by atoms with E-state index in [-0.39, 0.29) is 5.41 Å². The first kappa shape index (κ1) is 12.6. The highest BCUT2D eigenvalue weighted by Crippen LogP contribution is 2.56. The van der Waals surface area contributed by atoms with E-state index in [4.69, 9.17) is 0 Å². The Morgan fingerprint density at radius 3 is 2.18 bits per heavy atom. The molecule has 94 valence electrons. The Bertz CT molecular complexity index is 365. The fraction of sp³-hybridized carbons (Fsp3) is 0.600. The summed E-state index contributed by atoms with van der Waals surface area (Å²) in [6.07, 6.45) is 3.36. The van der Waals surface area contributed by atoms with Gasteiger partial charge in [-0.2, -0.15) is 0 Å². The molecule has 0 heterocycles. The van der Waals surface area contributed by atoms with Crippen molar-refractivity contribution in [3.8, 4) is 0 Å². The first-order chi connectivity index (χ1) is 8.13. The van der Waals surface area contributed by atoms with Gasteiger partial charge >= 0.3 is 0 Å². The summed E-state index contributed by atoms with van der Waals surface area (Å²) in [6.45, 7) is 2.47. The Balaban J connectivity index is 2.27. The van der Waals surface area contributed by atoms with E-state index in [1.165, 1.54) is 11.1 Å². The number of nitrogens with zero attached hydrogens (tertiary/aromatic N) is 1. The predicted octanol–water partition coefficient (Wildman–Crippen LogP) is 2.62. The number of hydrogen-bond donors (Lipinski definition) is 1. The molecule has 0 spiro atoms. The molecule has 1 unspecified atom stereocenters. The van der Waals surface area contributed by atoms with Crippen LogP contribution in [0.3, 0.4) is 0 Å². The van der Waals surface area contributed by atoms with Crippen LogP contribution in [0.15, 0.2) is 24.3 Å². The molecule has 2 heteroatoms. The maximum Gasteiger partial charge on any atom is 0.0505 e. The number of aryl methyl sites for hydroxylation is 1. The van der Waals surface area contributed by atoms with Crippen molar-refractivity contribution >= 4 is 0 Å². The van der Waals surface area contributed by atoms with Gasteiger partial charge in [0.1, 0.15) is 0 Å². The van der Waals surface area contributed by atoms with Crippen LogP contribution in [0, 0.1) is 5.41 Å². The minimum atomic E-state index is 0.108. The molecule has 2 nitrogen and oxygen atoms in total. The smallest absolute Gasteiger partial charge is 0.0505 e. The standard InChI is InChI=1S/C15H23NO/c1-4-12-5-7-13(8-6-12)14(16(2)3)15(11-17)9-10-15/h5-8,14,17H,4,9-11H2,1-3H3. The molecule has 1 fully saturated rings. The second-order valence-corrected chi connectivity index (χ2v) is 5.48. The fourth-order valence-electron chi connectivity index (χ4n) is 2.81. The number of aliphatic hydroxyl groups is 1. The zero-order valence-corrected chi connectivity index (χ0v) is 11.1. The van der Waals surface area contributed by atoms with Crippen molar-refractivity contribution in [2.45, 2.75) is 32.2 Å². The maximum absolute atomic E-state index is 9.61. The first-order valence-corrected chi connectivity index (χ1v) is 6.49. The second kappa shape index (κ2) is 4.79. The summed E-state index contributed by atoms with van der Waals surface area (Å²) in [5, 5.41) is 9.61. The van der Waals surface area contributed by atoms with Gasteiger partial charge in [-0.25, -0.2) is 0 Å². The van der Waals surface area contributed by atoms with Gasteiger partial charge in [-0.15, -0.1) is 0 Å². The Labute approximate surface area is 104 Å². The topological polar surface area (TPSA) is 23.5 Å². The van der Waals surface area contributed by atoms with Gasteiger partial charge in [0.15, 0.2) is 0 Å². The van der Waals surface area contributed by atoms with Crippen LogP contribution in [0.2, 0.25) is 0 Å². The molecule has 0 aliphatic heterocycles. The van der Waals surface area contributed by atoms with Crippen LogP contribution in [0.25, 0.3) is 0 Å². The molecular weight excluding hydrogens is 210 g/mol. The van der Waals surface area contributed by atoms with Crippen LogP contribution in [0.4, 0.5) is 0 Å². The average molecular weight is 233 g/mol. The molecule has 2 rings (SSSR count). The summed E-state index contributed by atoms with van der Waals surface area (Å²) in [7, 11) is 4.21.